The Balaban J connectivity index is 1.24. The number of ether oxygens (including phenoxy) is 14. The molecule has 0 bridgehead atoms. The summed E-state index contributed by atoms with van der Waals surface area (Å²) in [6.07, 6.45) is 7.42. The van der Waals surface area contributed by atoms with Gasteiger partial charge >= 0.3 is 0 Å². The topological polar surface area (TPSA) is 280 Å². The lowest BCUT2D eigenvalue weighted by Crippen LogP contribution is -2.67. The number of hydrogen-bond donors (Lipinski definition) is 7. The number of aliphatic hydroxyl groups is 6. The third kappa shape index (κ3) is 39.8. The normalized spacial score (nSPS) is 23.3. The second-order valence-corrected chi connectivity index (χ2v) is 22.3. The summed E-state index contributed by atoms with van der Waals surface area (Å²) in [7, 11) is 4.12. The van der Waals surface area contributed by atoms with E-state index in [1.54, 1.807) is 0 Å². The second-order valence-electron chi connectivity index (χ2n) is 19.6. The Morgan fingerprint density at radius 3 is 1.14 bits per heavy atom. The first-order valence-electron chi connectivity index (χ1n) is 29.6. The minimum Gasteiger partial charge on any atom is -0.394 e. The highest BCUT2D eigenvalue weighted by Gasteiger charge is 2.51. The Labute approximate surface area is 484 Å². The monoisotopic (exact) mass is 1200 g/mol. The molecule has 0 spiro atoms. The van der Waals surface area contributed by atoms with Crippen molar-refractivity contribution in [2.45, 2.75) is 177 Å². The summed E-state index contributed by atoms with van der Waals surface area (Å²) in [5.41, 5.74) is 0. The number of rotatable bonds is 59. The summed E-state index contributed by atoms with van der Waals surface area (Å²) in [5.74, 6) is 2.02. The van der Waals surface area contributed by atoms with Crippen molar-refractivity contribution < 1.29 is 106 Å². The third-order valence-corrected chi connectivity index (χ3v) is 15.5. The van der Waals surface area contributed by atoms with Crippen molar-refractivity contribution in [1.29, 1.82) is 0 Å². The van der Waals surface area contributed by atoms with Gasteiger partial charge in [-0.25, -0.2) is 4.39 Å². The molecule has 25 heteroatoms. The van der Waals surface area contributed by atoms with Crippen molar-refractivity contribution in [3.05, 3.63) is 0 Å². The smallest absolute Gasteiger partial charge is 0.217 e. The molecule has 0 aromatic heterocycles. The first kappa shape index (κ1) is 75.4. The van der Waals surface area contributed by atoms with Crippen LogP contribution in [0.25, 0.3) is 0 Å². The molecule has 0 radical (unpaired) electrons. The number of aliphatic hydroxyl groups excluding tert-OH is 6. The van der Waals surface area contributed by atoms with Gasteiger partial charge in [-0.05, 0) is 25.7 Å². The minimum atomic E-state index is -2.09. The predicted molar refractivity (Wildman–Crippen MR) is 302 cm³/mol. The van der Waals surface area contributed by atoms with Gasteiger partial charge in [-0.15, -0.1) is 0 Å². The quantitative estimate of drug-likeness (QED) is 0.0336. The summed E-state index contributed by atoms with van der Waals surface area (Å²) in [5, 5.41) is 62.1. The van der Waals surface area contributed by atoms with Crippen molar-refractivity contribution in [1.82, 2.24) is 5.32 Å². The first-order valence-corrected chi connectivity index (χ1v) is 32.1. The molecule has 2 saturated heterocycles. The summed E-state index contributed by atoms with van der Waals surface area (Å²) in [6, 6.07) is -1.20. The highest BCUT2D eigenvalue weighted by atomic mass is 33.1. The Morgan fingerprint density at radius 2 is 0.762 bits per heavy atom. The van der Waals surface area contributed by atoms with Gasteiger partial charge in [0.2, 0.25) is 5.91 Å². The molecule has 0 aromatic rings. The van der Waals surface area contributed by atoms with Gasteiger partial charge in [-0.3, -0.25) is 4.79 Å². The van der Waals surface area contributed by atoms with Crippen molar-refractivity contribution in [2.75, 3.05) is 170 Å². The van der Waals surface area contributed by atoms with Crippen molar-refractivity contribution in [2.24, 2.45) is 0 Å². The lowest BCUT2D eigenvalue weighted by molar-refractivity contribution is -0.344. The Bertz CT molecular complexity index is 1350. The van der Waals surface area contributed by atoms with Crippen LogP contribution in [0.15, 0.2) is 0 Å². The molecular weight excluding hydrogens is 1090 g/mol. The van der Waals surface area contributed by atoms with Crippen molar-refractivity contribution >= 4 is 27.5 Å². The van der Waals surface area contributed by atoms with E-state index in [2.05, 4.69) is 26.9 Å². The maximum Gasteiger partial charge on any atom is 0.217 e. The SMILES string of the molecule is CC(=O)N[C@H]1C(O)[C@H](O[C@@H]2OC(CO)[C@H](F)C(O)C2O)C(CO)O[C@H]1OCCOCCOCCOCCOCCOCCOCCCCCCCCCCSSCCCCCCCCCCCOCCOCCOCCOCCO. The minimum absolute atomic E-state index is 0.0142. The van der Waals surface area contributed by atoms with Crippen LogP contribution in [0.5, 0.6) is 0 Å². The first-order chi connectivity index (χ1) is 39.2. The van der Waals surface area contributed by atoms with Gasteiger partial charge in [0.05, 0.1) is 145 Å². The zero-order chi connectivity index (χ0) is 57.8. The summed E-state index contributed by atoms with van der Waals surface area (Å²) in [4.78, 5) is 12.0. The fourth-order valence-electron chi connectivity index (χ4n) is 8.47. The average molecular weight is 1200 g/mol. The van der Waals surface area contributed by atoms with Crippen molar-refractivity contribution in [3.8, 4) is 0 Å². The van der Waals surface area contributed by atoms with E-state index in [4.69, 9.17) is 71.4 Å². The van der Waals surface area contributed by atoms with Gasteiger partial charge in [0, 0.05) is 31.6 Å². The fraction of sp³-hybridized carbons (Fsp3) is 0.982. The van der Waals surface area contributed by atoms with Crippen LogP contribution < -0.4 is 5.32 Å². The van der Waals surface area contributed by atoms with E-state index in [0.29, 0.717) is 106 Å². The summed E-state index contributed by atoms with van der Waals surface area (Å²) < 4.78 is 91.8. The molecule has 22 nitrogen and oxygen atoms in total. The number of hydrogen-bond acceptors (Lipinski definition) is 23. The van der Waals surface area contributed by atoms with E-state index in [1.807, 2.05) is 0 Å². The zero-order valence-corrected chi connectivity index (χ0v) is 49.8. The van der Waals surface area contributed by atoms with E-state index >= 15 is 0 Å². The number of halogens is 1. The van der Waals surface area contributed by atoms with E-state index in [9.17, 15) is 34.7 Å². The second kappa shape index (κ2) is 54.9. The van der Waals surface area contributed by atoms with E-state index in [1.165, 1.54) is 115 Å². The Hall–Kier alpha value is -0.700. The highest BCUT2D eigenvalue weighted by molar-refractivity contribution is 8.76. The van der Waals surface area contributed by atoms with E-state index in [0.717, 1.165) is 26.1 Å². The molecule has 10 atom stereocenters. The molecule has 0 saturated carbocycles. The predicted octanol–water partition coefficient (Wildman–Crippen LogP) is 3.92. The maximum atomic E-state index is 14.2. The van der Waals surface area contributed by atoms with Crippen LogP contribution in [0, 0.1) is 0 Å². The number of carbonyl (C=O) groups is 1. The number of alkyl halides is 1. The van der Waals surface area contributed by atoms with E-state index < -0.39 is 80.5 Å². The lowest BCUT2D eigenvalue weighted by atomic mass is 9.95. The van der Waals surface area contributed by atoms with Gasteiger partial charge < -0.3 is 102 Å². The summed E-state index contributed by atoms with van der Waals surface area (Å²) in [6.45, 7) is 9.43. The Morgan fingerprint density at radius 1 is 0.425 bits per heavy atom. The number of nitrogens with one attached hydrogen (secondary N) is 1. The number of carbonyl (C=O) groups excluding carboxylic acids is 1. The van der Waals surface area contributed by atoms with Crippen LogP contribution >= 0.6 is 21.6 Å². The average Bonchev–Trinajstić information content (AvgIpc) is 3.46. The molecule has 476 valence electrons. The van der Waals surface area contributed by atoms with Gasteiger partial charge in [-0.2, -0.15) is 0 Å². The molecule has 2 heterocycles. The van der Waals surface area contributed by atoms with Gasteiger partial charge in [0.1, 0.15) is 42.7 Å². The zero-order valence-electron chi connectivity index (χ0n) is 48.2. The van der Waals surface area contributed by atoms with Crippen LogP contribution in [-0.2, 0) is 71.1 Å². The standard InChI is InChI=1S/C55H106FNO21S2/c1-45(61)57-49-51(63)53(78-55-52(64)50(62)48(56)46(43-59)76-55)47(44-60)77-54(49)75-40-39-74-38-37-73-36-35-72-34-33-71-32-30-69-27-24-66-21-16-12-8-4-6-10-14-18-42-80-79-41-17-13-9-5-2-3-7-11-15-20-65-23-26-68-29-31-70-28-25-67-22-19-58/h46-55,58-60,62-64H,2-44H2,1H3,(H,57,61)/t46?,47?,48-,49-,50?,51?,52?,53+,54+,55-/m0/s1. The van der Waals surface area contributed by atoms with E-state index in [-0.39, 0.29) is 26.4 Å². The van der Waals surface area contributed by atoms with Crippen LogP contribution in [0.1, 0.15) is 116 Å². The molecule has 0 aliphatic carbocycles. The largest absolute Gasteiger partial charge is 0.394 e. The van der Waals surface area contributed by atoms with Gasteiger partial charge in [0.15, 0.2) is 18.8 Å². The Kier molecular flexibility index (Phi) is 51.8. The number of unbranched alkanes of at least 4 members (excludes halogenated alkanes) is 15. The molecular formula is C55H106FNO21S2. The van der Waals surface area contributed by atoms with Crippen LogP contribution in [0.3, 0.4) is 0 Å². The maximum absolute atomic E-state index is 14.2. The molecule has 0 aromatic carbocycles. The molecule has 7 N–H and O–H groups in total. The van der Waals surface area contributed by atoms with Crippen molar-refractivity contribution in [3.63, 3.8) is 0 Å². The van der Waals surface area contributed by atoms with Crippen LogP contribution in [0.2, 0.25) is 0 Å². The summed E-state index contributed by atoms with van der Waals surface area (Å²) >= 11 is 0. The van der Waals surface area contributed by atoms with Crippen LogP contribution in [0.4, 0.5) is 4.39 Å². The molecule has 1 amide bonds. The number of amides is 1. The third-order valence-electron chi connectivity index (χ3n) is 12.9. The molecule has 2 aliphatic rings. The lowest BCUT2D eigenvalue weighted by Gasteiger charge is -2.46. The van der Waals surface area contributed by atoms with Crippen LogP contribution in [-0.4, -0.2) is 268 Å². The molecule has 80 heavy (non-hydrogen) atoms. The van der Waals surface area contributed by atoms with Gasteiger partial charge in [-0.1, -0.05) is 105 Å². The molecule has 2 aliphatic heterocycles. The molecule has 5 unspecified atom stereocenters. The van der Waals surface area contributed by atoms with Gasteiger partial charge in [0.25, 0.3) is 0 Å². The highest BCUT2D eigenvalue weighted by Crippen LogP contribution is 2.31. The molecule has 2 fully saturated rings. The fourth-order valence-corrected chi connectivity index (χ4v) is 10.8. The molecule has 2 rings (SSSR count).